The van der Waals surface area contributed by atoms with Gasteiger partial charge in [0.05, 0.1) is 15.9 Å². The number of aromatic nitrogens is 2. The molecule has 100 valence electrons. The Hall–Kier alpha value is -2.40. The van der Waals surface area contributed by atoms with Crippen LogP contribution < -0.4 is 10.5 Å². The van der Waals surface area contributed by atoms with Gasteiger partial charge in [0.15, 0.2) is 0 Å². The van der Waals surface area contributed by atoms with E-state index in [1.165, 1.54) is 24.5 Å². The Bertz CT molecular complexity index is 794. The van der Waals surface area contributed by atoms with E-state index in [0.717, 1.165) is 0 Å². The Balaban J connectivity index is 2.08. The number of nitrogens with two attached hydrogens (primary N) is 1. The third kappa shape index (κ3) is 2.35. The Morgan fingerprint density at radius 1 is 1.10 bits per heavy atom. The van der Waals surface area contributed by atoms with Crippen LogP contribution in [0, 0.1) is 5.82 Å². The zero-order valence-electron chi connectivity index (χ0n) is 10.2. The number of hydrogen-bond donors (Lipinski definition) is 1. The molecule has 0 aliphatic heterocycles. The molecule has 1 heterocycles. The van der Waals surface area contributed by atoms with Crippen molar-refractivity contribution in [2.75, 3.05) is 5.73 Å². The average molecular weight is 290 g/mol. The molecule has 1 aromatic heterocycles. The fraction of sp³-hybridized carbons (Fsp3) is 0. The molecule has 3 rings (SSSR count). The predicted molar refractivity (Wildman–Crippen MR) is 75.4 cm³/mol. The lowest BCUT2D eigenvalue weighted by atomic mass is 10.2. The second-order valence-corrected chi connectivity index (χ2v) is 4.54. The van der Waals surface area contributed by atoms with Gasteiger partial charge in [0.1, 0.15) is 17.9 Å². The number of fused-ring (bicyclic) bond motifs is 1. The molecule has 4 nitrogen and oxygen atoms in total. The molecule has 0 bridgehead atoms. The topological polar surface area (TPSA) is 61.0 Å². The van der Waals surface area contributed by atoms with E-state index >= 15 is 0 Å². The van der Waals surface area contributed by atoms with Crippen molar-refractivity contribution in [3.05, 3.63) is 53.6 Å². The maximum Gasteiger partial charge on any atom is 0.230 e. The summed E-state index contributed by atoms with van der Waals surface area (Å²) in [5, 5.41) is 0.827. The first-order valence-corrected chi connectivity index (χ1v) is 6.14. The first-order valence-electron chi connectivity index (χ1n) is 5.76. The molecule has 0 atom stereocenters. The summed E-state index contributed by atoms with van der Waals surface area (Å²) >= 11 is 5.93. The lowest BCUT2D eigenvalue weighted by Crippen LogP contribution is -1.93. The van der Waals surface area contributed by atoms with Gasteiger partial charge in [-0.25, -0.2) is 14.4 Å². The highest BCUT2D eigenvalue weighted by atomic mass is 35.5. The van der Waals surface area contributed by atoms with E-state index in [2.05, 4.69) is 9.97 Å². The van der Waals surface area contributed by atoms with Crippen LogP contribution >= 0.6 is 11.6 Å². The van der Waals surface area contributed by atoms with Crippen LogP contribution in [0.2, 0.25) is 5.02 Å². The van der Waals surface area contributed by atoms with Crippen LogP contribution in [0.1, 0.15) is 0 Å². The molecule has 6 heteroatoms. The van der Waals surface area contributed by atoms with Gasteiger partial charge in [-0.2, -0.15) is 0 Å². The van der Waals surface area contributed by atoms with Gasteiger partial charge in [0.25, 0.3) is 0 Å². The molecular formula is C14H9ClFN3O. The summed E-state index contributed by atoms with van der Waals surface area (Å²) in [5.41, 5.74) is 7.02. The fourth-order valence-electron chi connectivity index (χ4n) is 1.79. The van der Waals surface area contributed by atoms with E-state index in [-0.39, 0.29) is 5.02 Å². The molecule has 0 amide bonds. The van der Waals surface area contributed by atoms with Crippen molar-refractivity contribution in [3.8, 4) is 11.6 Å². The molecular weight excluding hydrogens is 281 g/mol. The number of nitrogen functional groups attached to an aromatic ring is 1. The van der Waals surface area contributed by atoms with Crippen molar-refractivity contribution < 1.29 is 9.13 Å². The summed E-state index contributed by atoms with van der Waals surface area (Å²) in [6.45, 7) is 0. The molecule has 0 fully saturated rings. The normalized spacial score (nSPS) is 10.7. The summed E-state index contributed by atoms with van der Waals surface area (Å²) < 4.78 is 18.6. The van der Waals surface area contributed by atoms with Gasteiger partial charge >= 0.3 is 0 Å². The van der Waals surface area contributed by atoms with Crippen molar-refractivity contribution in [2.24, 2.45) is 0 Å². The van der Waals surface area contributed by atoms with Crippen molar-refractivity contribution in [3.63, 3.8) is 0 Å². The Morgan fingerprint density at radius 3 is 2.75 bits per heavy atom. The summed E-state index contributed by atoms with van der Waals surface area (Å²) in [4.78, 5) is 8.19. The molecule has 0 unspecified atom stereocenters. The summed E-state index contributed by atoms with van der Waals surface area (Å²) in [6, 6.07) is 9.10. The van der Waals surface area contributed by atoms with Gasteiger partial charge in [-0.05, 0) is 36.4 Å². The third-order valence-corrected chi connectivity index (χ3v) is 3.02. The second kappa shape index (κ2) is 4.94. The monoisotopic (exact) mass is 289 g/mol. The summed E-state index contributed by atoms with van der Waals surface area (Å²) in [5.74, 6) is 0.199. The third-order valence-electron chi connectivity index (χ3n) is 2.72. The molecule has 20 heavy (non-hydrogen) atoms. The van der Waals surface area contributed by atoms with Crippen LogP contribution in [0.3, 0.4) is 0 Å². The quantitative estimate of drug-likeness (QED) is 0.729. The first-order chi connectivity index (χ1) is 9.63. The lowest BCUT2D eigenvalue weighted by Gasteiger charge is -2.09. The minimum absolute atomic E-state index is 0.167. The first kappa shape index (κ1) is 12.6. The number of halogens is 2. The Labute approximate surface area is 119 Å². The van der Waals surface area contributed by atoms with E-state index in [9.17, 15) is 4.39 Å². The number of rotatable bonds is 2. The summed E-state index contributed by atoms with van der Waals surface area (Å²) in [6.07, 6.45) is 1.38. The van der Waals surface area contributed by atoms with E-state index in [0.29, 0.717) is 28.2 Å². The largest absolute Gasteiger partial charge is 0.437 e. The highest BCUT2D eigenvalue weighted by Crippen LogP contribution is 2.32. The maximum atomic E-state index is 13.0. The number of anilines is 1. The Kier molecular flexibility index (Phi) is 3.12. The van der Waals surface area contributed by atoms with Crippen molar-refractivity contribution >= 4 is 28.2 Å². The van der Waals surface area contributed by atoms with Crippen LogP contribution in [-0.4, -0.2) is 9.97 Å². The molecule has 0 aliphatic rings. The molecule has 3 aromatic rings. The van der Waals surface area contributed by atoms with Crippen LogP contribution in [0.5, 0.6) is 11.6 Å². The van der Waals surface area contributed by atoms with Gasteiger partial charge in [-0.15, -0.1) is 0 Å². The number of benzene rings is 2. The van der Waals surface area contributed by atoms with Crippen LogP contribution in [-0.2, 0) is 0 Å². The van der Waals surface area contributed by atoms with E-state index in [1.807, 2.05) is 0 Å². The number of nitrogens with zero attached hydrogens (tertiary/aromatic N) is 2. The van der Waals surface area contributed by atoms with Crippen molar-refractivity contribution in [1.82, 2.24) is 9.97 Å². The van der Waals surface area contributed by atoms with Crippen LogP contribution in [0.4, 0.5) is 10.1 Å². The second-order valence-electron chi connectivity index (χ2n) is 4.13. The zero-order valence-corrected chi connectivity index (χ0v) is 10.9. The smallest absolute Gasteiger partial charge is 0.230 e. The number of hydrogen-bond acceptors (Lipinski definition) is 4. The molecule has 0 aliphatic carbocycles. The standard InChI is InChI=1S/C14H9ClFN3O/c15-11-5-8(16)1-4-13(11)20-14-10-6-9(17)2-3-12(10)18-7-19-14/h1-7H,17H2. The van der Waals surface area contributed by atoms with E-state index in [1.54, 1.807) is 18.2 Å². The van der Waals surface area contributed by atoms with Gasteiger partial charge in [-0.3, -0.25) is 0 Å². The number of ether oxygens (including phenoxy) is 1. The van der Waals surface area contributed by atoms with Crippen molar-refractivity contribution in [1.29, 1.82) is 0 Å². The molecule has 2 N–H and O–H groups in total. The minimum atomic E-state index is -0.431. The van der Waals surface area contributed by atoms with Crippen molar-refractivity contribution in [2.45, 2.75) is 0 Å². The molecule has 0 spiro atoms. The molecule has 0 saturated heterocycles. The molecule has 0 radical (unpaired) electrons. The van der Waals surface area contributed by atoms with Crippen LogP contribution in [0.25, 0.3) is 10.9 Å². The SMILES string of the molecule is Nc1ccc2ncnc(Oc3ccc(F)cc3Cl)c2c1. The van der Waals surface area contributed by atoms with Gasteiger partial charge in [-0.1, -0.05) is 11.6 Å². The van der Waals surface area contributed by atoms with Gasteiger partial charge in [0.2, 0.25) is 5.88 Å². The zero-order chi connectivity index (χ0) is 14.1. The van der Waals surface area contributed by atoms with Gasteiger partial charge < -0.3 is 10.5 Å². The fourth-order valence-corrected chi connectivity index (χ4v) is 2.00. The minimum Gasteiger partial charge on any atom is -0.437 e. The highest BCUT2D eigenvalue weighted by molar-refractivity contribution is 6.32. The summed E-state index contributed by atoms with van der Waals surface area (Å²) in [7, 11) is 0. The average Bonchev–Trinajstić information content (AvgIpc) is 2.42. The molecule has 2 aromatic carbocycles. The predicted octanol–water partition coefficient (Wildman–Crippen LogP) is 3.80. The Morgan fingerprint density at radius 2 is 1.95 bits per heavy atom. The maximum absolute atomic E-state index is 13.0. The van der Waals surface area contributed by atoms with E-state index < -0.39 is 5.82 Å². The van der Waals surface area contributed by atoms with Gasteiger partial charge in [0, 0.05) is 5.69 Å². The lowest BCUT2D eigenvalue weighted by molar-refractivity contribution is 0.466. The highest BCUT2D eigenvalue weighted by Gasteiger charge is 2.09. The molecule has 0 saturated carbocycles. The van der Waals surface area contributed by atoms with Crippen LogP contribution in [0.15, 0.2) is 42.7 Å². The van der Waals surface area contributed by atoms with E-state index in [4.69, 9.17) is 22.1 Å².